The third-order valence-corrected chi connectivity index (χ3v) is 4.47. The minimum atomic E-state index is -1.02. The number of carbonyl (C=O) groups is 3. The van der Waals surface area contributed by atoms with E-state index in [1.54, 1.807) is 30.3 Å². The predicted octanol–water partition coefficient (Wildman–Crippen LogP) is 3.15. The quantitative estimate of drug-likeness (QED) is 0.588. The lowest BCUT2D eigenvalue weighted by molar-refractivity contribution is -0.152. The van der Waals surface area contributed by atoms with Crippen LogP contribution in [-0.4, -0.2) is 37.5 Å². The van der Waals surface area contributed by atoms with Crippen LogP contribution in [0.2, 0.25) is 0 Å². The average Bonchev–Trinajstić information content (AvgIpc) is 2.77. The third kappa shape index (κ3) is 5.14. The highest BCUT2D eigenvalue weighted by atomic mass is 16.5. The minimum Gasteiger partial charge on any atom is -0.497 e. The summed E-state index contributed by atoms with van der Waals surface area (Å²) in [6.45, 7) is 1.13. The summed E-state index contributed by atoms with van der Waals surface area (Å²) in [6.07, 6.45) is -1.02. The lowest BCUT2D eigenvalue weighted by atomic mass is 10.1. The van der Waals surface area contributed by atoms with Gasteiger partial charge in [0.15, 0.2) is 6.10 Å². The van der Waals surface area contributed by atoms with E-state index in [4.69, 9.17) is 9.47 Å². The first-order valence-corrected chi connectivity index (χ1v) is 9.38. The van der Waals surface area contributed by atoms with Gasteiger partial charge in [0.25, 0.3) is 11.8 Å². The Morgan fingerprint density at radius 3 is 2.37 bits per heavy atom. The first kappa shape index (κ1) is 20.9. The van der Waals surface area contributed by atoms with Crippen molar-refractivity contribution in [1.29, 1.82) is 0 Å². The van der Waals surface area contributed by atoms with Gasteiger partial charge in [0, 0.05) is 16.6 Å². The zero-order valence-corrected chi connectivity index (χ0v) is 16.7. The Balaban J connectivity index is 1.52. The Kier molecular flexibility index (Phi) is 6.64. The maximum atomic E-state index is 12.4. The van der Waals surface area contributed by atoms with Crippen molar-refractivity contribution >= 4 is 34.2 Å². The van der Waals surface area contributed by atoms with Gasteiger partial charge in [0.05, 0.1) is 7.11 Å². The Morgan fingerprint density at radius 2 is 1.63 bits per heavy atom. The normalized spacial score (nSPS) is 11.4. The fourth-order valence-electron chi connectivity index (χ4n) is 2.86. The Morgan fingerprint density at radius 1 is 0.933 bits per heavy atom. The molecule has 154 valence electrons. The van der Waals surface area contributed by atoms with Crippen molar-refractivity contribution in [3.8, 4) is 5.75 Å². The molecule has 7 nitrogen and oxygen atoms in total. The number of carbonyl (C=O) groups excluding carboxylic acids is 3. The van der Waals surface area contributed by atoms with Gasteiger partial charge in [0.2, 0.25) is 0 Å². The molecule has 3 aromatic rings. The molecule has 0 fully saturated rings. The minimum absolute atomic E-state index is 0.350. The number of fused-ring (bicyclic) bond motifs is 1. The Hall–Kier alpha value is -3.87. The molecule has 0 aliphatic heterocycles. The second kappa shape index (κ2) is 9.56. The molecule has 0 radical (unpaired) electrons. The van der Waals surface area contributed by atoms with Crippen molar-refractivity contribution in [2.45, 2.75) is 13.0 Å². The second-order valence-electron chi connectivity index (χ2n) is 6.56. The fraction of sp³-hybridized carbons (Fsp3) is 0.174. The van der Waals surface area contributed by atoms with E-state index < -0.39 is 23.9 Å². The summed E-state index contributed by atoms with van der Waals surface area (Å²) in [7, 11) is 1.53. The topological polar surface area (TPSA) is 93.7 Å². The zero-order chi connectivity index (χ0) is 21.5. The molecule has 30 heavy (non-hydrogen) atoms. The molecule has 2 N–H and O–H groups in total. The van der Waals surface area contributed by atoms with Crippen LogP contribution in [0, 0.1) is 0 Å². The predicted molar refractivity (Wildman–Crippen MR) is 113 cm³/mol. The van der Waals surface area contributed by atoms with Crippen LogP contribution in [0.15, 0.2) is 66.7 Å². The molecule has 0 heterocycles. The molecule has 2 amide bonds. The molecule has 7 heteroatoms. The van der Waals surface area contributed by atoms with Crippen molar-refractivity contribution in [2.24, 2.45) is 0 Å². The van der Waals surface area contributed by atoms with Crippen LogP contribution in [0.3, 0.4) is 0 Å². The van der Waals surface area contributed by atoms with Crippen molar-refractivity contribution in [3.63, 3.8) is 0 Å². The SMILES string of the molecule is COc1ccc(C(=O)NCC(=O)OC(C)C(=O)Nc2cccc3ccccc23)cc1. The first-order valence-electron chi connectivity index (χ1n) is 9.38. The fourth-order valence-corrected chi connectivity index (χ4v) is 2.86. The number of nitrogens with one attached hydrogen (secondary N) is 2. The molecule has 0 spiro atoms. The molecule has 3 rings (SSSR count). The van der Waals surface area contributed by atoms with E-state index in [-0.39, 0.29) is 6.54 Å². The lowest BCUT2D eigenvalue weighted by Crippen LogP contribution is -2.35. The van der Waals surface area contributed by atoms with Crippen molar-refractivity contribution < 1.29 is 23.9 Å². The van der Waals surface area contributed by atoms with Crippen molar-refractivity contribution in [2.75, 3.05) is 19.0 Å². The molecule has 0 aliphatic rings. The number of hydrogen-bond donors (Lipinski definition) is 2. The van der Waals surface area contributed by atoms with E-state index in [9.17, 15) is 14.4 Å². The molecule has 1 unspecified atom stereocenters. The largest absolute Gasteiger partial charge is 0.497 e. The summed E-state index contributed by atoms with van der Waals surface area (Å²) in [5.41, 5.74) is 1.01. The molecule has 3 aromatic carbocycles. The smallest absolute Gasteiger partial charge is 0.326 e. The number of hydrogen-bond acceptors (Lipinski definition) is 5. The van der Waals surface area contributed by atoms with Crippen LogP contribution < -0.4 is 15.4 Å². The number of rotatable bonds is 7. The molecule has 0 saturated carbocycles. The van der Waals surface area contributed by atoms with Gasteiger partial charge >= 0.3 is 5.97 Å². The number of methoxy groups -OCH3 is 1. The average molecular weight is 406 g/mol. The summed E-state index contributed by atoms with van der Waals surface area (Å²) >= 11 is 0. The molecule has 0 saturated heterocycles. The van der Waals surface area contributed by atoms with Crippen molar-refractivity contribution in [1.82, 2.24) is 5.32 Å². The van der Waals surface area contributed by atoms with E-state index in [2.05, 4.69) is 10.6 Å². The van der Waals surface area contributed by atoms with Crippen LogP contribution in [-0.2, 0) is 14.3 Å². The number of esters is 1. The number of anilines is 1. The highest BCUT2D eigenvalue weighted by Crippen LogP contribution is 2.23. The second-order valence-corrected chi connectivity index (χ2v) is 6.56. The molecule has 1 atom stereocenters. The standard InChI is InChI=1S/C23H22N2O5/c1-15(22(27)25-20-9-5-7-16-6-3-4-8-19(16)20)30-21(26)14-24-23(28)17-10-12-18(29-2)13-11-17/h3-13,15H,14H2,1-2H3,(H,24,28)(H,25,27). The van der Waals surface area contributed by atoms with E-state index in [1.807, 2.05) is 36.4 Å². The van der Waals surface area contributed by atoms with Gasteiger partial charge in [-0.15, -0.1) is 0 Å². The molecular formula is C23H22N2O5. The van der Waals surface area contributed by atoms with Gasteiger partial charge in [-0.2, -0.15) is 0 Å². The van der Waals surface area contributed by atoms with Gasteiger partial charge < -0.3 is 20.1 Å². The number of benzene rings is 3. The summed E-state index contributed by atoms with van der Waals surface area (Å²) in [4.78, 5) is 36.5. The first-order chi connectivity index (χ1) is 14.5. The summed E-state index contributed by atoms with van der Waals surface area (Å²) in [5, 5.41) is 7.12. The highest BCUT2D eigenvalue weighted by Gasteiger charge is 2.19. The summed E-state index contributed by atoms with van der Waals surface area (Å²) < 4.78 is 10.2. The maximum Gasteiger partial charge on any atom is 0.326 e. The van der Waals surface area contributed by atoms with Crippen LogP contribution in [0.5, 0.6) is 5.75 Å². The monoisotopic (exact) mass is 406 g/mol. The van der Waals surface area contributed by atoms with Gasteiger partial charge in [-0.1, -0.05) is 36.4 Å². The van der Waals surface area contributed by atoms with Gasteiger partial charge in [-0.05, 0) is 42.6 Å². The van der Waals surface area contributed by atoms with Gasteiger partial charge in [-0.25, -0.2) is 0 Å². The lowest BCUT2D eigenvalue weighted by Gasteiger charge is -2.15. The summed E-state index contributed by atoms with van der Waals surface area (Å²) in [5.74, 6) is -0.974. The molecule has 0 bridgehead atoms. The van der Waals surface area contributed by atoms with E-state index >= 15 is 0 Å². The molecule has 0 aliphatic carbocycles. The maximum absolute atomic E-state index is 12.4. The van der Waals surface area contributed by atoms with Crippen LogP contribution in [0.25, 0.3) is 10.8 Å². The van der Waals surface area contributed by atoms with Gasteiger partial charge in [-0.3, -0.25) is 14.4 Å². The Bertz CT molecular complexity index is 1060. The summed E-state index contributed by atoms with van der Waals surface area (Å²) in [6, 6.07) is 19.7. The third-order valence-electron chi connectivity index (χ3n) is 4.47. The molecule has 0 aromatic heterocycles. The van der Waals surface area contributed by atoms with Crippen LogP contribution in [0.1, 0.15) is 17.3 Å². The van der Waals surface area contributed by atoms with Crippen molar-refractivity contribution in [3.05, 3.63) is 72.3 Å². The van der Waals surface area contributed by atoms with E-state index in [1.165, 1.54) is 14.0 Å². The Labute approximate surface area is 174 Å². The highest BCUT2D eigenvalue weighted by molar-refractivity contribution is 6.04. The number of ether oxygens (including phenoxy) is 2. The van der Waals surface area contributed by atoms with E-state index in [0.717, 1.165) is 10.8 Å². The zero-order valence-electron chi connectivity index (χ0n) is 16.7. The van der Waals surface area contributed by atoms with Crippen LogP contribution in [0.4, 0.5) is 5.69 Å². The molecular weight excluding hydrogens is 384 g/mol. The van der Waals surface area contributed by atoms with Crippen LogP contribution >= 0.6 is 0 Å². The number of amides is 2. The van der Waals surface area contributed by atoms with E-state index in [0.29, 0.717) is 17.0 Å². The van der Waals surface area contributed by atoms with Gasteiger partial charge in [0.1, 0.15) is 12.3 Å².